The lowest BCUT2D eigenvalue weighted by atomic mass is 10.1. The lowest BCUT2D eigenvalue weighted by Gasteiger charge is -2.16. The molecule has 0 bridgehead atoms. The number of unbranched alkanes of at least 4 members (excludes halogenated alkanes) is 1. The van der Waals surface area contributed by atoms with Gasteiger partial charge in [0.25, 0.3) is 0 Å². The molecular formula is C18H26N2O2. The van der Waals surface area contributed by atoms with Crippen LogP contribution < -0.4 is 5.32 Å². The SMILES string of the molecule is CCCCN1C[C@H](C(=O)NCCc2ccc(C)cc2)CC1=O. The number of hydrogen-bond acceptors (Lipinski definition) is 2. The van der Waals surface area contributed by atoms with Gasteiger partial charge in [0.05, 0.1) is 5.92 Å². The van der Waals surface area contributed by atoms with Gasteiger partial charge in [-0.05, 0) is 25.3 Å². The molecule has 1 saturated heterocycles. The van der Waals surface area contributed by atoms with Gasteiger partial charge in [0.15, 0.2) is 0 Å². The van der Waals surface area contributed by atoms with Crippen LogP contribution in [0.2, 0.25) is 0 Å². The molecule has 0 spiro atoms. The Labute approximate surface area is 132 Å². The summed E-state index contributed by atoms with van der Waals surface area (Å²) in [5, 5.41) is 2.97. The van der Waals surface area contributed by atoms with E-state index in [-0.39, 0.29) is 17.7 Å². The fourth-order valence-corrected chi connectivity index (χ4v) is 2.74. The number of hydrogen-bond donors (Lipinski definition) is 1. The quantitative estimate of drug-likeness (QED) is 0.840. The molecule has 1 N–H and O–H groups in total. The van der Waals surface area contributed by atoms with Crippen LogP contribution in [0.3, 0.4) is 0 Å². The molecule has 22 heavy (non-hydrogen) atoms. The summed E-state index contributed by atoms with van der Waals surface area (Å²) in [5.74, 6) is -0.0473. The lowest BCUT2D eigenvalue weighted by Crippen LogP contribution is -2.34. The zero-order valence-corrected chi connectivity index (χ0v) is 13.6. The highest BCUT2D eigenvalue weighted by Gasteiger charge is 2.33. The Balaban J connectivity index is 1.73. The van der Waals surface area contributed by atoms with Crippen molar-refractivity contribution < 1.29 is 9.59 Å². The number of carbonyl (C=O) groups excluding carboxylic acids is 2. The maximum absolute atomic E-state index is 12.2. The first-order valence-electron chi connectivity index (χ1n) is 8.21. The van der Waals surface area contributed by atoms with Crippen LogP contribution in [-0.2, 0) is 16.0 Å². The number of nitrogens with one attached hydrogen (secondary N) is 1. The fraction of sp³-hybridized carbons (Fsp3) is 0.556. The minimum absolute atomic E-state index is 0.0134. The van der Waals surface area contributed by atoms with Crippen LogP contribution in [0.5, 0.6) is 0 Å². The molecule has 0 saturated carbocycles. The predicted octanol–water partition coefficient (Wildman–Crippen LogP) is 2.30. The second kappa shape index (κ2) is 7.97. The number of rotatable bonds is 7. The summed E-state index contributed by atoms with van der Waals surface area (Å²) in [4.78, 5) is 25.9. The van der Waals surface area contributed by atoms with Crippen molar-refractivity contribution >= 4 is 11.8 Å². The van der Waals surface area contributed by atoms with E-state index in [1.165, 1.54) is 11.1 Å². The number of amides is 2. The van der Waals surface area contributed by atoms with Crippen molar-refractivity contribution in [3.8, 4) is 0 Å². The van der Waals surface area contributed by atoms with Gasteiger partial charge in [0, 0.05) is 26.1 Å². The highest BCUT2D eigenvalue weighted by Crippen LogP contribution is 2.18. The number of nitrogens with zero attached hydrogens (tertiary/aromatic N) is 1. The van der Waals surface area contributed by atoms with Gasteiger partial charge in [-0.25, -0.2) is 0 Å². The Kier molecular flexibility index (Phi) is 5.99. The number of aryl methyl sites for hydroxylation is 1. The summed E-state index contributed by atoms with van der Waals surface area (Å²) < 4.78 is 0. The first kappa shape index (κ1) is 16.5. The zero-order valence-electron chi connectivity index (χ0n) is 13.6. The summed E-state index contributed by atoms with van der Waals surface area (Å²) in [6, 6.07) is 8.34. The van der Waals surface area contributed by atoms with Crippen LogP contribution in [0, 0.1) is 12.8 Å². The van der Waals surface area contributed by atoms with E-state index >= 15 is 0 Å². The second-order valence-electron chi connectivity index (χ2n) is 6.12. The Morgan fingerprint density at radius 1 is 1.32 bits per heavy atom. The molecule has 1 aromatic carbocycles. The molecule has 1 aliphatic rings. The Bertz CT molecular complexity index is 510. The normalized spacial score (nSPS) is 17.8. The summed E-state index contributed by atoms with van der Waals surface area (Å²) in [6.45, 7) is 6.15. The molecule has 4 nitrogen and oxygen atoms in total. The molecule has 1 heterocycles. The summed E-state index contributed by atoms with van der Waals surface area (Å²) in [7, 11) is 0. The third-order valence-corrected chi connectivity index (χ3v) is 4.20. The van der Waals surface area contributed by atoms with Crippen LogP contribution >= 0.6 is 0 Å². The molecule has 0 radical (unpaired) electrons. The Morgan fingerprint density at radius 3 is 2.73 bits per heavy atom. The molecular weight excluding hydrogens is 276 g/mol. The predicted molar refractivity (Wildman–Crippen MR) is 87.5 cm³/mol. The van der Waals surface area contributed by atoms with Crippen molar-refractivity contribution in [2.45, 2.75) is 39.5 Å². The standard InChI is InChI=1S/C18H26N2O2/c1-3-4-11-20-13-16(12-17(20)21)18(22)19-10-9-15-7-5-14(2)6-8-15/h5-8,16H,3-4,9-13H2,1-2H3,(H,19,22)/t16-/m1/s1. The summed E-state index contributed by atoms with van der Waals surface area (Å²) in [6.07, 6.45) is 3.26. The Morgan fingerprint density at radius 2 is 2.05 bits per heavy atom. The van der Waals surface area contributed by atoms with Gasteiger partial charge in [0.2, 0.25) is 11.8 Å². The first-order chi connectivity index (χ1) is 10.6. The highest BCUT2D eigenvalue weighted by atomic mass is 16.2. The van der Waals surface area contributed by atoms with Crippen LogP contribution in [0.25, 0.3) is 0 Å². The maximum Gasteiger partial charge on any atom is 0.225 e. The van der Waals surface area contributed by atoms with Gasteiger partial charge in [-0.1, -0.05) is 43.2 Å². The monoisotopic (exact) mass is 302 g/mol. The maximum atomic E-state index is 12.2. The van der Waals surface area contributed by atoms with Crippen LogP contribution in [0.15, 0.2) is 24.3 Å². The lowest BCUT2D eigenvalue weighted by molar-refractivity contribution is -0.129. The van der Waals surface area contributed by atoms with E-state index in [4.69, 9.17) is 0 Å². The van der Waals surface area contributed by atoms with Gasteiger partial charge < -0.3 is 10.2 Å². The van der Waals surface area contributed by atoms with E-state index in [0.717, 1.165) is 25.8 Å². The molecule has 0 unspecified atom stereocenters. The third-order valence-electron chi connectivity index (χ3n) is 4.20. The van der Waals surface area contributed by atoms with Gasteiger partial charge in [-0.3, -0.25) is 9.59 Å². The molecule has 2 amide bonds. The van der Waals surface area contributed by atoms with Crippen LogP contribution in [-0.4, -0.2) is 36.3 Å². The van der Waals surface area contributed by atoms with Crippen molar-refractivity contribution in [2.75, 3.05) is 19.6 Å². The largest absolute Gasteiger partial charge is 0.355 e. The van der Waals surface area contributed by atoms with Crippen molar-refractivity contribution in [1.82, 2.24) is 10.2 Å². The van der Waals surface area contributed by atoms with E-state index in [2.05, 4.69) is 43.4 Å². The molecule has 1 fully saturated rings. The Hall–Kier alpha value is -1.84. The molecule has 4 heteroatoms. The average molecular weight is 302 g/mol. The van der Waals surface area contributed by atoms with E-state index < -0.39 is 0 Å². The first-order valence-corrected chi connectivity index (χ1v) is 8.21. The average Bonchev–Trinajstić information content (AvgIpc) is 2.88. The van der Waals surface area contributed by atoms with Gasteiger partial charge in [-0.15, -0.1) is 0 Å². The van der Waals surface area contributed by atoms with E-state index in [1.54, 1.807) is 0 Å². The molecule has 0 aliphatic carbocycles. The summed E-state index contributed by atoms with van der Waals surface area (Å²) in [5.41, 5.74) is 2.46. The van der Waals surface area contributed by atoms with Crippen molar-refractivity contribution in [3.05, 3.63) is 35.4 Å². The topological polar surface area (TPSA) is 49.4 Å². The van der Waals surface area contributed by atoms with Crippen LogP contribution in [0.4, 0.5) is 0 Å². The van der Waals surface area contributed by atoms with Crippen LogP contribution in [0.1, 0.15) is 37.3 Å². The van der Waals surface area contributed by atoms with E-state index in [0.29, 0.717) is 19.5 Å². The zero-order chi connectivity index (χ0) is 15.9. The van der Waals surface area contributed by atoms with Gasteiger partial charge in [0.1, 0.15) is 0 Å². The van der Waals surface area contributed by atoms with Crippen molar-refractivity contribution in [1.29, 1.82) is 0 Å². The molecule has 1 atom stereocenters. The summed E-state index contributed by atoms with van der Waals surface area (Å²) >= 11 is 0. The number of likely N-dealkylation sites (tertiary alicyclic amines) is 1. The smallest absolute Gasteiger partial charge is 0.225 e. The van der Waals surface area contributed by atoms with Gasteiger partial charge in [-0.2, -0.15) is 0 Å². The minimum Gasteiger partial charge on any atom is -0.355 e. The third kappa shape index (κ3) is 4.58. The molecule has 120 valence electrons. The van der Waals surface area contributed by atoms with Crippen molar-refractivity contribution in [3.63, 3.8) is 0 Å². The van der Waals surface area contributed by atoms with Crippen molar-refractivity contribution in [2.24, 2.45) is 5.92 Å². The molecule has 2 rings (SSSR count). The fourth-order valence-electron chi connectivity index (χ4n) is 2.74. The highest BCUT2D eigenvalue weighted by molar-refractivity contribution is 5.89. The second-order valence-corrected chi connectivity index (χ2v) is 6.12. The number of carbonyl (C=O) groups is 2. The van der Waals surface area contributed by atoms with Gasteiger partial charge >= 0.3 is 0 Å². The molecule has 1 aliphatic heterocycles. The number of benzene rings is 1. The molecule has 0 aromatic heterocycles. The van der Waals surface area contributed by atoms with E-state index in [9.17, 15) is 9.59 Å². The minimum atomic E-state index is -0.178. The van der Waals surface area contributed by atoms with E-state index in [1.807, 2.05) is 4.90 Å². The molecule has 1 aromatic rings.